The first-order valence-corrected chi connectivity index (χ1v) is 5.07. The Balaban J connectivity index is 1.87. The molecule has 2 fully saturated rings. The fourth-order valence-corrected chi connectivity index (χ4v) is 2.52. The summed E-state index contributed by atoms with van der Waals surface area (Å²) in [6, 6.07) is 0.297. The fourth-order valence-electron chi connectivity index (χ4n) is 2.52. The van der Waals surface area contributed by atoms with Crippen LogP contribution in [0.25, 0.3) is 0 Å². The molecule has 0 aromatic rings. The topological polar surface area (TPSA) is 15.3 Å². The summed E-state index contributed by atoms with van der Waals surface area (Å²) < 4.78 is 36.4. The third-order valence-electron chi connectivity index (χ3n) is 3.08. The van der Waals surface area contributed by atoms with E-state index < -0.39 is 12.7 Å². The van der Waals surface area contributed by atoms with E-state index in [0.717, 1.165) is 19.4 Å². The lowest BCUT2D eigenvalue weighted by atomic mass is 9.94. The zero-order valence-electron chi connectivity index (χ0n) is 7.98. The summed E-state index contributed by atoms with van der Waals surface area (Å²) >= 11 is 0. The summed E-state index contributed by atoms with van der Waals surface area (Å²) in [5, 5.41) is 3.29. The van der Waals surface area contributed by atoms with Gasteiger partial charge in [-0.25, -0.2) is 0 Å². The Hall–Kier alpha value is -0.290. The van der Waals surface area contributed by atoms with Gasteiger partial charge in [0, 0.05) is 19.1 Å². The Morgan fingerprint density at radius 3 is 2.71 bits per heavy atom. The first-order chi connectivity index (χ1) is 6.54. The van der Waals surface area contributed by atoms with Crippen LogP contribution >= 0.6 is 0 Å². The van der Waals surface area contributed by atoms with Gasteiger partial charge in [-0.3, -0.25) is 4.90 Å². The Labute approximate surface area is 81.5 Å². The van der Waals surface area contributed by atoms with E-state index in [1.54, 1.807) is 0 Å². The van der Waals surface area contributed by atoms with Crippen molar-refractivity contribution in [2.45, 2.75) is 25.1 Å². The van der Waals surface area contributed by atoms with E-state index in [4.69, 9.17) is 0 Å². The van der Waals surface area contributed by atoms with E-state index >= 15 is 0 Å². The second-order valence-corrected chi connectivity index (χ2v) is 4.27. The van der Waals surface area contributed by atoms with Crippen LogP contribution in [0, 0.1) is 5.92 Å². The molecule has 0 aromatic heterocycles. The maximum Gasteiger partial charge on any atom is 0.401 e. The maximum atomic E-state index is 12.1. The Morgan fingerprint density at radius 2 is 2.07 bits per heavy atom. The van der Waals surface area contributed by atoms with Crippen molar-refractivity contribution < 1.29 is 13.2 Å². The summed E-state index contributed by atoms with van der Waals surface area (Å²) in [7, 11) is 0. The molecule has 0 spiro atoms. The Morgan fingerprint density at radius 1 is 1.29 bits per heavy atom. The lowest BCUT2D eigenvalue weighted by Crippen LogP contribution is -2.41. The Kier molecular flexibility index (Phi) is 2.70. The van der Waals surface area contributed by atoms with Gasteiger partial charge in [0.25, 0.3) is 0 Å². The number of halogens is 3. The van der Waals surface area contributed by atoms with Crippen LogP contribution < -0.4 is 5.32 Å². The monoisotopic (exact) mass is 208 g/mol. The van der Waals surface area contributed by atoms with Gasteiger partial charge in [-0.15, -0.1) is 0 Å². The smallest absolute Gasteiger partial charge is 0.312 e. The minimum atomic E-state index is -4.05. The lowest BCUT2D eigenvalue weighted by Gasteiger charge is -2.24. The van der Waals surface area contributed by atoms with Gasteiger partial charge in [0.1, 0.15) is 0 Å². The second kappa shape index (κ2) is 3.70. The number of nitrogens with zero attached hydrogens (tertiary/aromatic N) is 1. The molecule has 0 unspecified atom stereocenters. The molecule has 0 aromatic carbocycles. The first kappa shape index (κ1) is 10.2. The average molecular weight is 208 g/mol. The summed E-state index contributed by atoms with van der Waals surface area (Å²) in [5.74, 6) is 0.436. The summed E-state index contributed by atoms with van der Waals surface area (Å²) in [6.45, 7) is 1.38. The normalized spacial score (nSPS) is 34.5. The van der Waals surface area contributed by atoms with E-state index in [0.29, 0.717) is 25.0 Å². The molecule has 2 saturated heterocycles. The molecule has 0 aliphatic carbocycles. The molecular weight excluding hydrogens is 193 g/mol. The third kappa shape index (κ3) is 2.39. The van der Waals surface area contributed by atoms with E-state index in [9.17, 15) is 13.2 Å². The second-order valence-electron chi connectivity index (χ2n) is 4.27. The minimum Gasteiger partial charge on any atom is -0.312 e. The van der Waals surface area contributed by atoms with Gasteiger partial charge in [-0.1, -0.05) is 0 Å². The van der Waals surface area contributed by atoms with Crippen LogP contribution in [0.5, 0.6) is 0 Å². The van der Waals surface area contributed by atoms with E-state index in [1.165, 1.54) is 4.90 Å². The van der Waals surface area contributed by atoms with Crippen LogP contribution in [0.1, 0.15) is 12.8 Å². The molecule has 1 N–H and O–H groups in total. The highest BCUT2D eigenvalue weighted by Crippen LogP contribution is 2.27. The van der Waals surface area contributed by atoms with Gasteiger partial charge in [0.15, 0.2) is 0 Å². The molecule has 2 atom stereocenters. The number of fused-ring (bicyclic) bond motifs is 1. The number of alkyl halides is 3. The molecule has 2 aliphatic heterocycles. The molecule has 0 bridgehead atoms. The van der Waals surface area contributed by atoms with Crippen LogP contribution in [0.2, 0.25) is 0 Å². The summed E-state index contributed by atoms with van der Waals surface area (Å²) in [6.07, 6.45) is -1.87. The van der Waals surface area contributed by atoms with Crippen LogP contribution in [0.3, 0.4) is 0 Å². The van der Waals surface area contributed by atoms with Crippen molar-refractivity contribution in [3.8, 4) is 0 Å². The van der Waals surface area contributed by atoms with Gasteiger partial charge in [0.05, 0.1) is 6.54 Å². The average Bonchev–Trinajstić information content (AvgIpc) is 2.42. The molecule has 2 heterocycles. The van der Waals surface area contributed by atoms with Gasteiger partial charge in [0.2, 0.25) is 0 Å². The molecule has 2 nitrogen and oxygen atoms in total. The fraction of sp³-hybridized carbons (Fsp3) is 1.00. The van der Waals surface area contributed by atoms with Crippen molar-refractivity contribution in [3.05, 3.63) is 0 Å². The van der Waals surface area contributed by atoms with Crippen molar-refractivity contribution in [1.29, 1.82) is 0 Å². The summed E-state index contributed by atoms with van der Waals surface area (Å²) in [5.41, 5.74) is 0. The molecule has 0 saturated carbocycles. The first-order valence-electron chi connectivity index (χ1n) is 5.07. The maximum absolute atomic E-state index is 12.1. The van der Waals surface area contributed by atoms with Crippen LogP contribution in [0.15, 0.2) is 0 Å². The predicted molar refractivity (Wildman–Crippen MR) is 47.0 cm³/mol. The molecule has 0 radical (unpaired) electrons. The van der Waals surface area contributed by atoms with Crippen molar-refractivity contribution in [2.24, 2.45) is 5.92 Å². The van der Waals surface area contributed by atoms with Crippen molar-refractivity contribution in [2.75, 3.05) is 26.2 Å². The number of hydrogen-bond donors (Lipinski definition) is 1. The molecule has 82 valence electrons. The molecule has 14 heavy (non-hydrogen) atoms. The van der Waals surface area contributed by atoms with Gasteiger partial charge < -0.3 is 5.32 Å². The molecule has 5 heteroatoms. The minimum absolute atomic E-state index is 0.297. The third-order valence-corrected chi connectivity index (χ3v) is 3.08. The molecule has 2 rings (SSSR count). The van der Waals surface area contributed by atoms with Gasteiger partial charge >= 0.3 is 6.18 Å². The van der Waals surface area contributed by atoms with Crippen molar-refractivity contribution in [1.82, 2.24) is 10.2 Å². The number of hydrogen-bond acceptors (Lipinski definition) is 2. The van der Waals surface area contributed by atoms with Crippen LogP contribution in [0.4, 0.5) is 13.2 Å². The zero-order chi connectivity index (χ0) is 10.2. The summed E-state index contributed by atoms with van der Waals surface area (Å²) in [4.78, 5) is 1.52. The molecule has 2 aliphatic rings. The lowest BCUT2D eigenvalue weighted by molar-refractivity contribution is -0.143. The van der Waals surface area contributed by atoms with Crippen LogP contribution in [-0.2, 0) is 0 Å². The van der Waals surface area contributed by atoms with Crippen LogP contribution in [-0.4, -0.2) is 43.3 Å². The largest absolute Gasteiger partial charge is 0.401 e. The quantitative estimate of drug-likeness (QED) is 0.697. The van der Waals surface area contributed by atoms with E-state index in [2.05, 4.69) is 5.32 Å². The number of nitrogens with one attached hydrogen (secondary N) is 1. The van der Waals surface area contributed by atoms with Gasteiger partial charge in [-0.2, -0.15) is 13.2 Å². The Bertz CT molecular complexity index is 191. The molecular formula is C9H15F3N2. The van der Waals surface area contributed by atoms with Gasteiger partial charge in [-0.05, 0) is 25.3 Å². The van der Waals surface area contributed by atoms with E-state index in [-0.39, 0.29) is 0 Å². The van der Waals surface area contributed by atoms with E-state index in [1.807, 2.05) is 0 Å². The number of piperidine rings is 1. The number of rotatable bonds is 1. The highest BCUT2D eigenvalue weighted by Gasteiger charge is 2.39. The van der Waals surface area contributed by atoms with Crippen molar-refractivity contribution in [3.63, 3.8) is 0 Å². The molecule has 0 amide bonds. The predicted octanol–water partition coefficient (Wildman–Crippen LogP) is 1.23. The number of likely N-dealkylation sites (tertiary alicyclic amines) is 1. The van der Waals surface area contributed by atoms with Crippen molar-refractivity contribution >= 4 is 0 Å². The standard InChI is InChI=1S/C9H15F3N2/c10-9(11,12)6-14-4-7-2-1-3-13-8(7)5-14/h7-8,13H,1-6H2/t7-,8+/m0/s1. The zero-order valence-corrected chi connectivity index (χ0v) is 7.98. The highest BCUT2D eigenvalue weighted by atomic mass is 19.4. The SMILES string of the molecule is FC(F)(F)CN1C[C@@H]2CCCN[C@@H]2C1. The highest BCUT2D eigenvalue weighted by molar-refractivity contribution is 4.92.